The highest BCUT2D eigenvalue weighted by Gasteiger charge is 2.17. The van der Waals surface area contributed by atoms with Gasteiger partial charge in [-0.2, -0.15) is 0 Å². The number of thiophene rings is 1. The van der Waals surface area contributed by atoms with Crippen LogP contribution >= 0.6 is 11.3 Å². The molecular formula is C23H18N4O3S. The van der Waals surface area contributed by atoms with Crippen LogP contribution in [0, 0.1) is 0 Å². The third-order valence-corrected chi connectivity index (χ3v) is 5.19. The van der Waals surface area contributed by atoms with Crippen molar-refractivity contribution in [1.29, 1.82) is 0 Å². The zero-order valence-corrected chi connectivity index (χ0v) is 17.1. The zero-order chi connectivity index (χ0) is 21.5. The molecule has 0 aliphatic carbocycles. The lowest BCUT2D eigenvalue weighted by Gasteiger charge is -2.09. The number of anilines is 2. The Morgan fingerprint density at radius 1 is 0.903 bits per heavy atom. The van der Waals surface area contributed by atoms with E-state index in [4.69, 9.17) is 4.74 Å². The van der Waals surface area contributed by atoms with Crippen molar-refractivity contribution in [2.24, 2.45) is 0 Å². The van der Waals surface area contributed by atoms with Crippen molar-refractivity contribution >= 4 is 34.5 Å². The van der Waals surface area contributed by atoms with Gasteiger partial charge in [-0.1, -0.05) is 30.3 Å². The predicted octanol–water partition coefficient (Wildman–Crippen LogP) is 4.62. The Hall–Kier alpha value is -4.04. The molecule has 0 saturated carbocycles. The van der Waals surface area contributed by atoms with E-state index < -0.39 is 5.91 Å². The normalized spacial score (nSPS) is 10.3. The van der Waals surface area contributed by atoms with E-state index in [1.807, 2.05) is 30.3 Å². The lowest BCUT2D eigenvalue weighted by molar-refractivity contribution is 0.102. The molecule has 2 aromatic carbocycles. The fourth-order valence-corrected chi connectivity index (χ4v) is 3.49. The molecule has 0 unspecified atom stereocenters. The van der Waals surface area contributed by atoms with E-state index in [1.54, 1.807) is 35.7 Å². The monoisotopic (exact) mass is 430 g/mol. The SMILES string of the molecule is O=C(Nc1ccsc1C(=O)Nc1ccc(OCc2ccccc2)cc1)c1cnccn1. The Labute approximate surface area is 182 Å². The van der Waals surface area contributed by atoms with Gasteiger partial charge in [-0.3, -0.25) is 14.6 Å². The summed E-state index contributed by atoms with van der Waals surface area (Å²) >= 11 is 1.24. The summed E-state index contributed by atoms with van der Waals surface area (Å²) in [6, 6.07) is 18.7. The first kappa shape index (κ1) is 20.2. The Bertz CT molecular complexity index is 1160. The molecule has 0 saturated heterocycles. The van der Waals surface area contributed by atoms with Crippen LogP contribution in [0.5, 0.6) is 5.75 Å². The number of carbonyl (C=O) groups is 2. The maximum absolute atomic E-state index is 12.7. The molecule has 4 rings (SSSR count). The average molecular weight is 430 g/mol. The summed E-state index contributed by atoms with van der Waals surface area (Å²) in [5.41, 5.74) is 2.29. The summed E-state index contributed by atoms with van der Waals surface area (Å²) in [5, 5.41) is 7.28. The van der Waals surface area contributed by atoms with Gasteiger partial charge in [0.2, 0.25) is 0 Å². The molecule has 0 spiro atoms. The molecule has 8 heteroatoms. The van der Waals surface area contributed by atoms with Crippen LogP contribution in [-0.4, -0.2) is 21.8 Å². The van der Waals surface area contributed by atoms with E-state index in [9.17, 15) is 9.59 Å². The quantitative estimate of drug-likeness (QED) is 0.446. The minimum atomic E-state index is -0.430. The van der Waals surface area contributed by atoms with Crippen molar-refractivity contribution in [3.63, 3.8) is 0 Å². The third kappa shape index (κ3) is 5.31. The molecule has 2 amide bonds. The van der Waals surface area contributed by atoms with Gasteiger partial charge in [0.05, 0.1) is 11.9 Å². The van der Waals surface area contributed by atoms with Gasteiger partial charge >= 0.3 is 0 Å². The van der Waals surface area contributed by atoms with Crippen LogP contribution in [-0.2, 0) is 6.61 Å². The second-order valence-corrected chi connectivity index (χ2v) is 7.38. The number of hydrogen-bond acceptors (Lipinski definition) is 6. The number of ether oxygens (including phenoxy) is 1. The number of nitrogens with zero attached hydrogens (tertiary/aromatic N) is 2. The molecule has 0 fully saturated rings. The first-order valence-electron chi connectivity index (χ1n) is 9.42. The topological polar surface area (TPSA) is 93.2 Å². The third-order valence-electron chi connectivity index (χ3n) is 4.28. The van der Waals surface area contributed by atoms with Crippen molar-refractivity contribution in [1.82, 2.24) is 9.97 Å². The maximum Gasteiger partial charge on any atom is 0.275 e. The number of aromatic nitrogens is 2. The van der Waals surface area contributed by atoms with Gasteiger partial charge in [0, 0.05) is 18.1 Å². The second-order valence-electron chi connectivity index (χ2n) is 6.46. The van der Waals surface area contributed by atoms with E-state index in [0.717, 1.165) is 5.56 Å². The van der Waals surface area contributed by atoms with E-state index >= 15 is 0 Å². The highest BCUT2D eigenvalue weighted by molar-refractivity contribution is 7.12. The molecule has 2 heterocycles. The number of benzene rings is 2. The van der Waals surface area contributed by atoms with Crippen LogP contribution in [0.25, 0.3) is 0 Å². The van der Waals surface area contributed by atoms with Crippen LogP contribution in [0.1, 0.15) is 25.7 Å². The summed E-state index contributed by atoms with van der Waals surface area (Å²) in [4.78, 5) is 33.2. The fraction of sp³-hybridized carbons (Fsp3) is 0.0435. The van der Waals surface area contributed by atoms with Crippen molar-refractivity contribution in [3.05, 3.63) is 101 Å². The summed E-state index contributed by atoms with van der Waals surface area (Å²) in [5.74, 6) is -0.0437. The molecule has 7 nitrogen and oxygen atoms in total. The molecule has 0 bridgehead atoms. The van der Waals surface area contributed by atoms with Gasteiger partial charge < -0.3 is 15.4 Å². The molecule has 0 aliphatic heterocycles. The first-order chi connectivity index (χ1) is 15.2. The largest absolute Gasteiger partial charge is 0.489 e. The number of rotatable bonds is 7. The van der Waals surface area contributed by atoms with Gasteiger partial charge in [0.25, 0.3) is 11.8 Å². The van der Waals surface area contributed by atoms with Crippen molar-refractivity contribution < 1.29 is 14.3 Å². The van der Waals surface area contributed by atoms with E-state index in [2.05, 4.69) is 20.6 Å². The Morgan fingerprint density at radius 3 is 2.45 bits per heavy atom. The van der Waals surface area contributed by atoms with Crippen LogP contribution < -0.4 is 15.4 Å². The van der Waals surface area contributed by atoms with Gasteiger partial charge in [-0.05, 0) is 41.3 Å². The van der Waals surface area contributed by atoms with Crippen molar-refractivity contribution in [2.75, 3.05) is 10.6 Å². The van der Waals surface area contributed by atoms with Crippen molar-refractivity contribution in [3.8, 4) is 5.75 Å². The minimum Gasteiger partial charge on any atom is -0.489 e. The highest BCUT2D eigenvalue weighted by Crippen LogP contribution is 2.25. The van der Waals surface area contributed by atoms with Crippen LogP contribution in [0.2, 0.25) is 0 Å². The number of hydrogen-bond donors (Lipinski definition) is 2. The first-order valence-corrected chi connectivity index (χ1v) is 10.3. The van der Waals surface area contributed by atoms with Gasteiger partial charge in [0.15, 0.2) is 0 Å². The van der Waals surface area contributed by atoms with Gasteiger partial charge in [0.1, 0.15) is 22.9 Å². The van der Waals surface area contributed by atoms with Crippen LogP contribution in [0.15, 0.2) is 84.6 Å². The fourth-order valence-electron chi connectivity index (χ4n) is 2.75. The summed E-state index contributed by atoms with van der Waals surface area (Å²) in [6.07, 6.45) is 4.28. The van der Waals surface area contributed by atoms with Crippen LogP contribution in [0.4, 0.5) is 11.4 Å². The molecule has 154 valence electrons. The van der Waals surface area contributed by atoms with E-state index in [-0.39, 0.29) is 11.6 Å². The Kier molecular flexibility index (Phi) is 6.29. The number of amides is 2. The Balaban J connectivity index is 1.36. The predicted molar refractivity (Wildman–Crippen MR) is 119 cm³/mol. The molecule has 4 aromatic rings. The molecule has 2 aromatic heterocycles. The van der Waals surface area contributed by atoms with Crippen LogP contribution in [0.3, 0.4) is 0 Å². The lowest BCUT2D eigenvalue weighted by atomic mass is 10.2. The smallest absolute Gasteiger partial charge is 0.275 e. The molecular weight excluding hydrogens is 412 g/mol. The highest BCUT2D eigenvalue weighted by atomic mass is 32.1. The lowest BCUT2D eigenvalue weighted by Crippen LogP contribution is -2.17. The minimum absolute atomic E-state index is 0.172. The standard InChI is InChI=1S/C23H18N4O3S/c28-22(20-14-24-11-12-25-20)27-19-10-13-31-21(19)23(29)26-17-6-8-18(9-7-17)30-15-16-4-2-1-3-5-16/h1-14H,15H2,(H,26,29)(H,27,28). The average Bonchev–Trinajstić information content (AvgIpc) is 3.28. The van der Waals surface area contributed by atoms with E-state index in [1.165, 1.54) is 29.9 Å². The van der Waals surface area contributed by atoms with E-state index in [0.29, 0.717) is 28.6 Å². The molecule has 0 radical (unpaired) electrons. The molecule has 31 heavy (non-hydrogen) atoms. The van der Waals surface area contributed by atoms with Gasteiger partial charge in [-0.25, -0.2) is 4.98 Å². The molecule has 0 atom stereocenters. The Morgan fingerprint density at radius 2 is 1.71 bits per heavy atom. The molecule has 0 aliphatic rings. The van der Waals surface area contributed by atoms with Gasteiger partial charge in [-0.15, -0.1) is 11.3 Å². The van der Waals surface area contributed by atoms with Crippen molar-refractivity contribution in [2.45, 2.75) is 6.61 Å². The zero-order valence-electron chi connectivity index (χ0n) is 16.3. The second kappa shape index (κ2) is 9.64. The summed E-state index contributed by atoms with van der Waals surface area (Å²) in [6.45, 7) is 0.469. The number of carbonyl (C=O) groups excluding carboxylic acids is 2. The number of nitrogens with one attached hydrogen (secondary N) is 2. The maximum atomic E-state index is 12.7. The summed E-state index contributed by atoms with van der Waals surface area (Å²) < 4.78 is 5.76. The summed E-state index contributed by atoms with van der Waals surface area (Å²) in [7, 11) is 0. The molecule has 2 N–H and O–H groups in total.